The second-order valence-corrected chi connectivity index (χ2v) is 4.98. The van der Waals surface area contributed by atoms with Gasteiger partial charge >= 0.3 is 0 Å². The van der Waals surface area contributed by atoms with Gasteiger partial charge in [-0.2, -0.15) is 4.98 Å². The smallest absolute Gasteiger partial charge is 0.245 e. The van der Waals surface area contributed by atoms with E-state index in [9.17, 15) is 4.39 Å². The van der Waals surface area contributed by atoms with Gasteiger partial charge in [-0.05, 0) is 44.4 Å². The molecule has 1 aliphatic rings. The third-order valence-corrected chi connectivity index (χ3v) is 3.67. The zero-order valence-corrected chi connectivity index (χ0v) is 10.8. The van der Waals surface area contributed by atoms with Crippen LogP contribution in [0.15, 0.2) is 18.3 Å². The molecule has 2 aromatic heterocycles. The quantitative estimate of drug-likeness (QED) is 0.913. The van der Waals surface area contributed by atoms with E-state index in [1.54, 1.807) is 6.07 Å². The molecule has 2 aromatic rings. The van der Waals surface area contributed by atoms with Gasteiger partial charge in [0.25, 0.3) is 0 Å². The summed E-state index contributed by atoms with van der Waals surface area (Å²) in [4.78, 5) is 6.69. The molecule has 3 heterocycles. The van der Waals surface area contributed by atoms with Crippen molar-refractivity contribution >= 4 is 11.6 Å². The second kappa shape index (κ2) is 5.13. The van der Waals surface area contributed by atoms with Crippen LogP contribution >= 0.6 is 0 Å². The minimum Gasteiger partial charge on any atom is -0.336 e. The highest BCUT2D eigenvalue weighted by molar-refractivity contribution is 5.45. The lowest BCUT2D eigenvalue weighted by atomic mass is 10.00. The van der Waals surface area contributed by atoms with Crippen molar-refractivity contribution in [1.82, 2.24) is 14.6 Å². The Morgan fingerprint density at radius 2 is 2.26 bits per heavy atom. The number of fused-ring (bicyclic) bond motifs is 1. The van der Waals surface area contributed by atoms with Crippen LogP contribution in [0.3, 0.4) is 0 Å². The predicted molar refractivity (Wildman–Crippen MR) is 71.6 cm³/mol. The molecule has 0 aromatic carbocycles. The van der Waals surface area contributed by atoms with Crippen LogP contribution in [0.1, 0.15) is 25.7 Å². The van der Waals surface area contributed by atoms with Gasteiger partial charge in [0.05, 0.1) is 6.20 Å². The van der Waals surface area contributed by atoms with E-state index in [4.69, 9.17) is 5.73 Å². The molecule has 0 amide bonds. The van der Waals surface area contributed by atoms with Gasteiger partial charge in [0.1, 0.15) is 5.82 Å². The summed E-state index contributed by atoms with van der Waals surface area (Å²) in [6, 6.07) is 3.45. The summed E-state index contributed by atoms with van der Waals surface area (Å²) in [5.74, 6) is 0.379. The number of hydrogen-bond donors (Lipinski definition) is 1. The van der Waals surface area contributed by atoms with Crippen LogP contribution in [0, 0.1) is 5.82 Å². The monoisotopic (exact) mass is 263 g/mol. The van der Waals surface area contributed by atoms with Gasteiger partial charge < -0.3 is 10.6 Å². The summed E-state index contributed by atoms with van der Waals surface area (Å²) < 4.78 is 14.7. The average Bonchev–Trinajstić information content (AvgIpc) is 2.82. The molecular weight excluding hydrogens is 245 g/mol. The highest BCUT2D eigenvalue weighted by Crippen LogP contribution is 2.24. The van der Waals surface area contributed by atoms with E-state index in [0.717, 1.165) is 25.8 Å². The van der Waals surface area contributed by atoms with E-state index in [-0.39, 0.29) is 5.82 Å². The molecule has 1 aliphatic heterocycles. The highest BCUT2D eigenvalue weighted by atomic mass is 19.1. The van der Waals surface area contributed by atoms with E-state index in [2.05, 4.69) is 15.0 Å². The van der Waals surface area contributed by atoms with Crippen molar-refractivity contribution in [1.29, 1.82) is 0 Å². The molecule has 1 unspecified atom stereocenters. The molecule has 0 aliphatic carbocycles. The third-order valence-electron chi connectivity index (χ3n) is 3.67. The molecule has 0 saturated carbocycles. The summed E-state index contributed by atoms with van der Waals surface area (Å²) in [6.07, 6.45) is 5.80. The van der Waals surface area contributed by atoms with Crippen LogP contribution in [0.5, 0.6) is 0 Å². The molecule has 19 heavy (non-hydrogen) atoms. The Hall–Kier alpha value is -1.69. The summed E-state index contributed by atoms with van der Waals surface area (Å²) in [7, 11) is 0. The molecule has 1 atom stereocenters. The molecule has 0 bridgehead atoms. The number of hydrogen-bond acceptors (Lipinski definition) is 4. The van der Waals surface area contributed by atoms with Crippen molar-refractivity contribution in [3.8, 4) is 0 Å². The molecule has 3 rings (SSSR count). The van der Waals surface area contributed by atoms with Crippen molar-refractivity contribution in [2.75, 3.05) is 18.0 Å². The molecule has 0 spiro atoms. The van der Waals surface area contributed by atoms with Crippen LogP contribution in [0.4, 0.5) is 10.3 Å². The van der Waals surface area contributed by atoms with Gasteiger partial charge in [-0.25, -0.2) is 8.91 Å². The van der Waals surface area contributed by atoms with Crippen LogP contribution in [0.2, 0.25) is 0 Å². The Balaban J connectivity index is 1.92. The Morgan fingerprint density at radius 1 is 1.37 bits per heavy atom. The van der Waals surface area contributed by atoms with Gasteiger partial charge in [0.15, 0.2) is 5.65 Å². The maximum absolute atomic E-state index is 13.2. The van der Waals surface area contributed by atoms with E-state index in [1.807, 2.05) is 0 Å². The van der Waals surface area contributed by atoms with Crippen molar-refractivity contribution in [3.05, 3.63) is 24.1 Å². The number of nitrogens with zero attached hydrogens (tertiary/aromatic N) is 4. The van der Waals surface area contributed by atoms with Gasteiger partial charge in [-0.3, -0.25) is 0 Å². The predicted octanol–water partition coefficient (Wildman–Crippen LogP) is 1.58. The average molecular weight is 263 g/mol. The van der Waals surface area contributed by atoms with Crippen molar-refractivity contribution in [2.24, 2.45) is 5.73 Å². The SMILES string of the molecule is NCCC1CCCCN1c1nc2ccc(F)cn2n1. The minimum atomic E-state index is -0.305. The second-order valence-electron chi connectivity index (χ2n) is 4.98. The Bertz CT molecular complexity index is 565. The fourth-order valence-corrected chi connectivity index (χ4v) is 2.72. The molecular formula is C13H18FN5. The Labute approximate surface area is 111 Å². The Kier molecular flexibility index (Phi) is 3.33. The van der Waals surface area contributed by atoms with Crippen LogP contribution < -0.4 is 10.6 Å². The molecule has 1 saturated heterocycles. The van der Waals surface area contributed by atoms with E-state index < -0.39 is 0 Å². The molecule has 5 nitrogen and oxygen atoms in total. The molecule has 0 radical (unpaired) electrons. The van der Waals surface area contributed by atoms with Crippen molar-refractivity contribution in [3.63, 3.8) is 0 Å². The van der Waals surface area contributed by atoms with E-state index in [1.165, 1.54) is 23.2 Å². The first kappa shape index (κ1) is 12.3. The Morgan fingerprint density at radius 3 is 3.11 bits per heavy atom. The standard InChI is InChI=1S/C13H18FN5/c14-10-4-5-12-16-13(17-19(12)9-10)18-8-2-1-3-11(18)6-7-15/h4-5,9,11H,1-3,6-8,15H2. The van der Waals surface area contributed by atoms with Crippen LogP contribution in [-0.4, -0.2) is 33.7 Å². The first-order valence-electron chi connectivity index (χ1n) is 6.76. The van der Waals surface area contributed by atoms with Crippen LogP contribution in [-0.2, 0) is 0 Å². The lowest BCUT2D eigenvalue weighted by molar-refractivity contribution is 0.435. The fourth-order valence-electron chi connectivity index (χ4n) is 2.72. The van der Waals surface area contributed by atoms with Gasteiger partial charge in [0.2, 0.25) is 5.95 Å². The van der Waals surface area contributed by atoms with E-state index >= 15 is 0 Å². The number of anilines is 1. The number of aromatic nitrogens is 3. The van der Waals surface area contributed by atoms with Crippen molar-refractivity contribution < 1.29 is 4.39 Å². The first-order chi connectivity index (χ1) is 9.28. The largest absolute Gasteiger partial charge is 0.336 e. The number of pyridine rings is 1. The maximum atomic E-state index is 13.2. The normalized spacial score (nSPS) is 20.1. The number of nitrogens with two attached hydrogens (primary N) is 1. The van der Waals surface area contributed by atoms with Crippen molar-refractivity contribution in [2.45, 2.75) is 31.7 Å². The summed E-state index contributed by atoms with van der Waals surface area (Å²) in [6.45, 7) is 1.62. The van der Waals surface area contributed by atoms with E-state index in [0.29, 0.717) is 24.2 Å². The van der Waals surface area contributed by atoms with Gasteiger partial charge in [-0.15, -0.1) is 5.10 Å². The minimum absolute atomic E-state index is 0.305. The highest BCUT2D eigenvalue weighted by Gasteiger charge is 2.25. The third kappa shape index (κ3) is 2.40. The van der Waals surface area contributed by atoms with Gasteiger partial charge in [0, 0.05) is 12.6 Å². The molecule has 102 valence electrons. The topological polar surface area (TPSA) is 59.5 Å². The summed E-state index contributed by atoms with van der Waals surface area (Å²) in [5.41, 5.74) is 6.35. The number of piperidine rings is 1. The maximum Gasteiger partial charge on any atom is 0.245 e. The zero-order valence-electron chi connectivity index (χ0n) is 10.8. The first-order valence-corrected chi connectivity index (χ1v) is 6.76. The zero-order chi connectivity index (χ0) is 13.2. The lowest BCUT2D eigenvalue weighted by Crippen LogP contribution is -2.41. The lowest BCUT2D eigenvalue weighted by Gasteiger charge is -2.34. The summed E-state index contributed by atoms with van der Waals surface area (Å²) in [5, 5.41) is 4.38. The molecule has 6 heteroatoms. The molecule has 2 N–H and O–H groups in total. The summed E-state index contributed by atoms with van der Waals surface area (Å²) >= 11 is 0. The fraction of sp³-hybridized carbons (Fsp3) is 0.538. The number of halogens is 1. The number of rotatable bonds is 3. The molecule has 1 fully saturated rings. The van der Waals surface area contributed by atoms with Gasteiger partial charge in [-0.1, -0.05) is 0 Å². The van der Waals surface area contributed by atoms with Crippen LogP contribution in [0.25, 0.3) is 5.65 Å².